The predicted octanol–water partition coefficient (Wildman–Crippen LogP) is 1.36. The molecule has 0 unspecified atom stereocenters. The van der Waals surface area contributed by atoms with Crippen LogP contribution < -0.4 is 15.6 Å². The van der Waals surface area contributed by atoms with Crippen molar-refractivity contribution in [2.75, 3.05) is 13.7 Å². The maximum atomic E-state index is 11.8. The number of methoxy groups -OCH3 is 1. The molecule has 0 atom stereocenters. The van der Waals surface area contributed by atoms with E-state index >= 15 is 0 Å². The molecule has 0 radical (unpaired) electrons. The normalized spacial score (nSPS) is 10.1. The Morgan fingerprint density at radius 1 is 1.30 bits per heavy atom. The van der Waals surface area contributed by atoms with Crippen molar-refractivity contribution in [3.63, 3.8) is 0 Å². The minimum absolute atomic E-state index is 0.258. The van der Waals surface area contributed by atoms with E-state index in [9.17, 15) is 9.59 Å². The molecular weight excluding hydrogens is 256 g/mol. The molecule has 104 valence electrons. The summed E-state index contributed by atoms with van der Waals surface area (Å²) in [4.78, 5) is 25.4. The number of aromatic amines is 1. The van der Waals surface area contributed by atoms with E-state index in [0.29, 0.717) is 18.5 Å². The molecule has 0 aliphatic carbocycles. The molecule has 0 aliphatic heterocycles. The SMILES string of the molecule is COc1ccccc1CCNC(=O)c1cc[nH]c(=O)c1. The van der Waals surface area contributed by atoms with Crippen molar-refractivity contribution in [3.8, 4) is 5.75 Å². The number of para-hydroxylation sites is 1. The van der Waals surface area contributed by atoms with Crippen LogP contribution in [-0.2, 0) is 6.42 Å². The van der Waals surface area contributed by atoms with E-state index < -0.39 is 0 Å². The van der Waals surface area contributed by atoms with Gasteiger partial charge >= 0.3 is 0 Å². The van der Waals surface area contributed by atoms with Gasteiger partial charge in [-0.1, -0.05) is 18.2 Å². The van der Waals surface area contributed by atoms with E-state index in [1.165, 1.54) is 12.3 Å². The molecule has 1 heterocycles. The number of ether oxygens (including phenoxy) is 1. The highest BCUT2D eigenvalue weighted by atomic mass is 16.5. The molecule has 2 rings (SSSR count). The van der Waals surface area contributed by atoms with Crippen molar-refractivity contribution < 1.29 is 9.53 Å². The molecule has 0 fully saturated rings. The van der Waals surface area contributed by atoms with Crippen LogP contribution in [0.5, 0.6) is 5.75 Å². The second-order valence-corrected chi connectivity index (χ2v) is 4.26. The Hall–Kier alpha value is -2.56. The van der Waals surface area contributed by atoms with Crippen molar-refractivity contribution in [1.29, 1.82) is 0 Å². The average molecular weight is 272 g/mol. The highest BCUT2D eigenvalue weighted by Crippen LogP contribution is 2.17. The maximum absolute atomic E-state index is 11.8. The van der Waals surface area contributed by atoms with E-state index in [1.807, 2.05) is 24.3 Å². The summed E-state index contributed by atoms with van der Waals surface area (Å²) in [6.45, 7) is 0.478. The standard InChI is InChI=1S/C15H16N2O3/c1-20-13-5-3-2-4-11(13)6-9-17-15(19)12-7-8-16-14(18)10-12/h2-5,7-8,10H,6,9H2,1H3,(H,16,18)(H,17,19). The van der Waals surface area contributed by atoms with E-state index in [-0.39, 0.29) is 11.5 Å². The van der Waals surface area contributed by atoms with Crippen molar-refractivity contribution in [3.05, 3.63) is 64.1 Å². The van der Waals surface area contributed by atoms with Crippen LogP contribution in [-0.4, -0.2) is 24.5 Å². The molecule has 0 spiro atoms. The lowest BCUT2D eigenvalue weighted by Crippen LogP contribution is -2.26. The summed E-state index contributed by atoms with van der Waals surface area (Å²) in [7, 11) is 1.62. The number of H-pyrrole nitrogens is 1. The van der Waals surface area contributed by atoms with Gasteiger partial charge in [-0.2, -0.15) is 0 Å². The lowest BCUT2D eigenvalue weighted by atomic mass is 10.1. The first-order valence-electron chi connectivity index (χ1n) is 6.29. The number of hydrogen-bond donors (Lipinski definition) is 2. The second kappa shape index (κ2) is 6.56. The van der Waals surface area contributed by atoms with Crippen LogP contribution in [0.3, 0.4) is 0 Å². The number of carbonyl (C=O) groups excluding carboxylic acids is 1. The highest BCUT2D eigenvalue weighted by Gasteiger charge is 2.06. The van der Waals surface area contributed by atoms with E-state index in [1.54, 1.807) is 13.2 Å². The maximum Gasteiger partial charge on any atom is 0.251 e. The molecular formula is C15H16N2O3. The van der Waals surface area contributed by atoms with Crippen molar-refractivity contribution in [1.82, 2.24) is 10.3 Å². The first kappa shape index (κ1) is 13.9. The molecule has 1 aromatic heterocycles. The molecule has 1 amide bonds. The average Bonchev–Trinajstić information content (AvgIpc) is 2.47. The van der Waals surface area contributed by atoms with Gasteiger partial charge in [0, 0.05) is 24.4 Å². The van der Waals surface area contributed by atoms with Gasteiger partial charge in [0.05, 0.1) is 7.11 Å². The lowest BCUT2D eigenvalue weighted by molar-refractivity contribution is 0.0954. The number of benzene rings is 1. The first-order valence-corrected chi connectivity index (χ1v) is 6.29. The predicted molar refractivity (Wildman–Crippen MR) is 76.1 cm³/mol. The third-order valence-electron chi connectivity index (χ3n) is 2.91. The minimum atomic E-state index is -0.289. The molecule has 20 heavy (non-hydrogen) atoms. The molecule has 2 aromatic rings. The van der Waals surface area contributed by atoms with Crippen LogP contribution >= 0.6 is 0 Å². The topological polar surface area (TPSA) is 71.2 Å². The highest BCUT2D eigenvalue weighted by molar-refractivity contribution is 5.93. The van der Waals surface area contributed by atoms with Crippen LogP contribution in [0.15, 0.2) is 47.4 Å². The van der Waals surface area contributed by atoms with Crippen LogP contribution in [0.25, 0.3) is 0 Å². The van der Waals surface area contributed by atoms with Crippen molar-refractivity contribution in [2.45, 2.75) is 6.42 Å². The molecule has 0 saturated carbocycles. The molecule has 0 bridgehead atoms. The summed E-state index contributed by atoms with van der Waals surface area (Å²) in [6, 6.07) is 10.5. The largest absolute Gasteiger partial charge is 0.496 e. The Bertz CT molecular complexity index is 649. The number of hydrogen-bond acceptors (Lipinski definition) is 3. The van der Waals surface area contributed by atoms with Crippen LogP contribution in [0.4, 0.5) is 0 Å². The smallest absolute Gasteiger partial charge is 0.251 e. The Balaban J connectivity index is 1.93. The summed E-state index contributed by atoms with van der Waals surface area (Å²) in [6.07, 6.45) is 2.12. The van der Waals surface area contributed by atoms with E-state index in [4.69, 9.17) is 4.74 Å². The third kappa shape index (κ3) is 3.47. The zero-order valence-electron chi connectivity index (χ0n) is 11.2. The van der Waals surface area contributed by atoms with Gasteiger partial charge in [-0.3, -0.25) is 9.59 Å². The Morgan fingerprint density at radius 3 is 2.85 bits per heavy atom. The van der Waals surface area contributed by atoms with Crippen molar-refractivity contribution >= 4 is 5.91 Å². The number of aromatic nitrogens is 1. The first-order chi connectivity index (χ1) is 9.70. The van der Waals surface area contributed by atoms with Gasteiger partial charge in [-0.25, -0.2) is 0 Å². The molecule has 0 aliphatic rings. The fraction of sp³-hybridized carbons (Fsp3) is 0.200. The summed E-state index contributed by atoms with van der Waals surface area (Å²) in [5, 5.41) is 2.78. The quantitative estimate of drug-likeness (QED) is 0.863. The number of pyridine rings is 1. The number of carbonyl (C=O) groups is 1. The summed E-state index contributed by atoms with van der Waals surface area (Å²) < 4.78 is 5.25. The number of rotatable bonds is 5. The molecule has 2 N–H and O–H groups in total. The second-order valence-electron chi connectivity index (χ2n) is 4.26. The minimum Gasteiger partial charge on any atom is -0.496 e. The van der Waals surface area contributed by atoms with Gasteiger partial charge < -0.3 is 15.0 Å². The van der Waals surface area contributed by atoms with Gasteiger partial charge in [-0.15, -0.1) is 0 Å². The molecule has 5 heteroatoms. The van der Waals surface area contributed by atoms with Gasteiger partial charge in [0.1, 0.15) is 5.75 Å². The van der Waals surface area contributed by atoms with Gasteiger partial charge in [0.25, 0.3) is 5.91 Å². The Labute approximate surface area is 116 Å². The van der Waals surface area contributed by atoms with E-state index in [2.05, 4.69) is 10.3 Å². The van der Waals surface area contributed by atoms with Crippen LogP contribution in [0.1, 0.15) is 15.9 Å². The molecule has 1 aromatic carbocycles. The lowest BCUT2D eigenvalue weighted by Gasteiger charge is -2.09. The summed E-state index contributed by atoms with van der Waals surface area (Å²) in [5.41, 5.74) is 1.09. The van der Waals surface area contributed by atoms with Gasteiger partial charge in [0.2, 0.25) is 5.56 Å². The zero-order valence-corrected chi connectivity index (χ0v) is 11.2. The summed E-state index contributed by atoms with van der Waals surface area (Å²) >= 11 is 0. The Kier molecular flexibility index (Phi) is 4.55. The Morgan fingerprint density at radius 2 is 2.10 bits per heavy atom. The summed E-state index contributed by atoms with van der Waals surface area (Å²) in [5.74, 6) is 0.545. The molecule has 5 nitrogen and oxygen atoms in total. The van der Waals surface area contributed by atoms with Crippen molar-refractivity contribution in [2.24, 2.45) is 0 Å². The third-order valence-corrected chi connectivity index (χ3v) is 2.91. The van der Waals surface area contributed by atoms with Gasteiger partial charge in [-0.05, 0) is 24.1 Å². The number of amides is 1. The van der Waals surface area contributed by atoms with Gasteiger partial charge in [0.15, 0.2) is 0 Å². The van der Waals surface area contributed by atoms with Crippen LogP contribution in [0, 0.1) is 0 Å². The fourth-order valence-electron chi connectivity index (χ4n) is 1.91. The number of nitrogens with one attached hydrogen (secondary N) is 2. The monoisotopic (exact) mass is 272 g/mol. The van der Waals surface area contributed by atoms with E-state index in [0.717, 1.165) is 11.3 Å². The molecule has 0 saturated heterocycles. The van der Waals surface area contributed by atoms with Crippen LogP contribution in [0.2, 0.25) is 0 Å². The zero-order chi connectivity index (χ0) is 14.4. The fourth-order valence-corrected chi connectivity index (χ4v) is 1.91.